The molecule has 0 bridgehead atoms. The van der Waals surface area contributed by atoms with Crippen LogP contribution in [0.4, 0.5) is 0 Å². The molecule has 0 radical (unpaired) electrons. The van der Waals surface area contributed by atoms with E-state index in [2.05, 4.69) is 71.6 Å². The molecule has 1 nitrogen and oxygen atoms in total. The van der Waals surface area contributed by atoms with Gasteiger partial charge in [-0.3, -0.25) is 0 Å². The molecule has 0 heterocycles. The Bertz CT molecular complexity index is 497. The van der Waals surface area contributed by atoms with Crippen molar-refractivity contribution in [2.45, 2.75) is 66.2 Å². The van der Waals surface area contributed by atoms with Crippen LogP contribution >= 0.6 is 0 Å². The maximum atomic E-state index is 5.91. The standard InChI is InChI=1S/C20H30O/c1-7-9-10-16(3)14-17-11-12-19(21-13-8-2)18(15-17)20(4,5)6/h11-12,15-16H,7-8,13-14H2,1-6H3. The Balaban J connectivity index is 2.99. The van der Waals surface area contributed by atoms with Gasteiger partial charge in [-0.1, -0.05) is 59.6 Å². The summed E-state index contributed by atoms with van der Waals surface area (Å²) in [6, 6.07) is 6.62. The number of benzene rings is 1. The second-order valence-corrected chi connectivity index (χ2v) is 6.71. The first-order valence-corrected chi connectivity index (χ1v) is 8.13. The van der Waals surface area contributed by atoms with E-state index in [1.165, 1.54) is 11.1 Å². The highest BCUT2D eigenvalue weighted by atomic mass is 16.5. The maximum Gasteiger partial charge on any atom is 0.123 e. The van der Waals surface area contributed by atoms with Gasteiger partial charge in [-0.25, -0.2) is 0 Å². The first-order chi connectivity index (χ1) is 9.88. The van der Waals surface area contributed by atoms with Crippen molar-refractivity contribution in [1.29, 1.82) is 0 Å². The zero-order valence-electron chi connectivity index (χ0n) is 14.5. The molecule has 0 aliphatic heterocycles. The van der Waals surface area contributed by atoms with Crippen molar-refractivity contribution in [2.75, 3.05) is 6.61 Å². The summed E-state index contributed by atoms with van der Waals surface area (Å²) < 4.78 is 5.91. The Labute approximate surface area is 131 Å². The summed E-state index contributed by atoms with van der Waals surface area (Å²) in [5.41, 5.74) is 2.74. The molecule has 21 heavy (non-hydrogen) atoms. The van der Waals surface area contributed by atoms with E-state index >= 15 is 0 Å². The Morgan fingerprint density at radius 3 is 2.48 bits per heavy atom. The number of rotatable bonds is 5. The molecule has 0 aromatic heterocycles. The summed E-state index contributed by atoms with van der Waals surface area (Å²) in [7, 11) is 0. The molecular weight excluding hydrogens is 256 g/mol. The van der Waals surface area contributed by atoms with Crippen LogP contribution in [0.15, 0.2) is 18.2 Å². The van der Waals surface area contributed by atoms with Gasteiger partial charge in [0.05, 0.1) is 6.61 Å². The summed E-state index contributed by atoms with van der Waals surface area (Å²) in [5, 5.41) is 0. The first kappa shape index (κ1) is 17.6. The minimum atomic E-state index is 0.0947. The van der Waals surface area contributed by atoms with Gasteiger partial charge >= 0.3 is 0 Å². The molecule has 1 atom stereocenters. The average Bonchev–Trinajstić information content (AvgIpc) is 2.42. The third-order valence-corrected chi connectivity index (χ3v) is 3.38. The highest BCUT2D eigenvalue weighted by molar-refractivity contribution is 5.42. The lowest BCUT2D eigenvalue weighted by atomic mass is 9.84. The smallest absolute Gasteiger partial charge is 0.123 e. The van der Waals surface area contributed by atoms with Crippen molar-refractivity contribution in [3.8, 4) is 17.6 Å². The molecular formula is C20H30O. The number of hydrogen-bond acceptors (Lipinski definition) is 1. The first-order valence-electron chi connectivity index (χ1n) is 8.13. The molecule has 0 saturated heterocycles. The lowest BCUT2D eigenvalue weighted by molar-refractivity contribution is 0.308. The normalized spacial score (nSPS) is 12.5. The SMILES string of the molecule is CCC#CC(C)Cc1ccc(OCCC)c(C(C)(C)C)c1. The van der Waals surface area contributed by atoms with Gasteiger partial charge in [0.2, 0.25) is 0 Å². The van der Waals surface area contributed by atoms with E-state index < -0.39 is 0 Å². The topological polar surface area (TPSA) is 9.23 Å². The quantitative estimate of drug-likeness (QED) is 0.662. The van der Waals surface area contributed by atoms with Gasteiger partial charge in [0.1, 0.15) is 5.75 Å². The molecule has 116 valence electrons. The number of hydrogen-bond donors (Lipinski definition) is 0. The predicted octanol–water partition coefficient (Wildman–Crippen LogP) is 5.36. The molecule has 0 spiro atoms. The van der Waals surface area contributed by atoms with Crippen LogP contribution in [-0.4, -0.2) is 6.61 Å². The largest absolute Gasteiger partial charge is 0.493 e. The van der Waals surface area contributed by atoms with E-state index in [0.717, 1.165) is 31.6 Å². The van der Waals surface area contributed by atoms with Crippen LogP contribution in [-0.2, 0) is 11.8 Å². The van der Waals surface area contributed by atoms with Crippen molar-refractivity contribution in [1.82, 2.24) is 0 Å². The minimum absolute atomic E-state index is 0.0947. The summed E-state index contributed by atoms with van der Waals surface area (Å²) in [6.07, 6.45) is 2.97. The summed E-state index contributed by atoms with van der Waals surface area (Å²) in [4.78, 5) is 0. The molecule has 1 aromatic rings. The fraction of sp³-hybridized carbons (Fsp3) is 0.600. The highest BCUT2D eigenvalue weighted by Gasteiger charge is 2.19. The summed E-state index contributed by atoms with van der Waals surface area (Å²) in [6.45, 7) is 13.9. The van der Waals surface area contributed by atoms with Crippen molar-refractivity contribution < 1.29 is 4.74 Å². The second kappa shape index (κ2) is 8.13. The summed E-state index contributed by atoms with van der Waals surface area (Å²) in [5.74, 6) is 7.92. The van der Waals surface area contributed by atoms with Crippen LogP contribution in [0, 0.1) is 17.8 Å². The number of ether oxygens (including phenoxy) is 1. The molecule has 1 heteroatoms. The van der Waals surface area contributed by atoms with Crippen LogP contribution in [0.5, 0.6) is 5.75 Å². The minimum Gasteiger partial charge on any atom is -0.493 e. The van der Waals surface area contributed by atoms with Crippen molar-refractivity contribution >= 4 is 0 Å². The molecule has 0 amide bonds. The van der Waals surface area contributed by atoms with Crippen molar-refractivity contribution in [2.24, 2.45) is 5.92 Å². The molecule has 0 N–H and O–H groups in total. The Morgan fingerprint density at radius 1 is 1.19 bits per heavy atom. The zero-order chi connectivity index (χ0) is 15.9. The lowest BCUT2D eigenvalue weighted by Gasteiger charge is -2.24. The molecule has 0 aliphatic rings. The Morgan fingerprint density at radius 2 is 1.90 bits per heavy atom. The van der Waals surface area contributed by atoms with E-state index in [0.29, 0.717) is 5.92 Å². The van der Waals surface area contributed by atoms with Crippen molar-refractivity contribution in [3.63, 3.8) is 0 Å². The average molecular weight is 286 g/mol. The summed E-state index contributed by atoms with van der Waals surface area (Å²) >= 11 is 0. The van der Waals surface area contributed by atoms with Crippen LogP contribution in [0.1, 0.15) is 65.5 Å². The fourth-order valence-electron chi connectivity index (χ4n) is 2.31. The van der Waals surface area contributed by atoms with Gasteiger partial charge in [0.25, 0.3) is 0 Å². The molecule has 0 saturated carbocycles. The molecule has 1 unspecified atom stereocenters. The third kappa shape index (κ3) is 5.84. The molecule has 0 fully saturated rings. The van der Waals surface area contributed by atoms with Crippen LogP contribution in [0.25, 0.3) is 0 Å². The maximum absolute atomic E-state index is 5.91. The molecule has 1 rings (SSSR count). The monoisotopic (exact) mass is 286 g/mol. The molecule has 1 aromatic carbocycles. The lowest BCUT2D eigenvalue weighted by Crippen LogP contribution is -2.14. The van der Waals surface area contributed by atoms with Gasteiger partial charge in [-0.05, 0) is 35.4 Å². The van der Waals surface area contributed by atoms with E-state index in [1.807, 2.05) is 0 Å². The Hall–Kier alpha value is -1.42. The predicted molar refractivity (Wildman–Crippen MR) is 91.9 cm³/mol. The zero-order valence-corrected chi connectivity index (χ0v) is 14.5. The van der Waals surface area contributed by atoms with Crippen LogP contribution in [0.3, 0.4) is 0 Å². The van der Waals surface area contributed by atoms with E-state index in [1.54, 1.807) is 0 Å². The fourth-order valence-corrected chi connectivity index (χ4v) is 2.31. The van der Waals surface area contributed by atoms with Gasteiger partial charge < -0.3 is 4.74 Å². The van der Waals surface area contributed by atoms with Gasteiger partial charge in [-0.2, -0.15) is 0 Å². The van der Waals surface area contributed by atoms with Gasteiger partial charge in [-0.15, -0.1) is 5.92 Å². The highest BCUT2D eigenvalue weighted by Crippen LogP contribution is 2.32. The van der Waals surface area contributed by atoms with Crippen molar-refractivity contribution in [3.05, 3.63) is 29.3 Å². The Kier molecular flexibility index (Phi) is 6.82. The van der Waals surface area contributed by atoms with E-state index in [9.17, 15) is 0 Å². The van der Waals surface area contributed by atoms with E-state index in [-0.39, 0.29) is 5.41 Å². The van der Waals surface area contributed by atoms with Crippen LogP contribution < -0.4 is 4.74 Å². The van der Waals surface area contributed by atoms with Crippen LogP contribution in [0.2, 0.25) is 0 Å². The van der Waals surface area contributed by atoms with Gasteiger partial charge in [0, 0.05) is 12.3 Å². The second-order valence-electron chi connectivity index (χ2n) is 6.71. The third-order valence-electron chi connectivity index (χ3n) is 3.38. The molecule has 0 aliphatic carbocycles. The van der Waals surface area contributed by atoms with Gasteiger partial charge in [0.15, 0.2) is 0 Å². The van der Waals surface area contributed by atoms with E-state index in [4.69, 9.17) is 4.74 Å².